The van der Waals surface area contributed by atoms with Crippen molar-refractivity contribution in [1.29, 1.82) is 0 Å². The molecule has 0 aromatic heterocycles. The number of carbonyl (C=O) groups is 1. The average Bonchev–Trinajstić information content (AvgIpc) is 2.24. The molecule has 1 aromatic rings. The van der Waals surface area contributed by atoms with Gasteiger partial charge in [-0.2, -0.15) is 0 Å². The van der Waals surface area contributed by atoms with Crippen molar-refractivity contribution in [2.45, 2.75) is 18.9 Å². The molecule has 0 bridgehead atoms. The zero-order valence-electron chi connectivity index (χ0n) is 8.62. The Morgan fingerprint density at radius 3 is 2.56 bits per heavy atom. The van der Waals surface area contributed by atoms with Gasteiger partial charge in [0.1, 0.15) is 17.3 Å². The Morgan fingerprint density at radius 2 is 1.94 bits per heavy atom. The maximum atomic E-state index is 13.5. The lowest BCUT2D eigenvalue weighted by Gasteiger charge is -2.30. The summed E-state index contributed by atoms with van der Waals surface area (Å²) in [5, 5.41) is 0. The fraction of sp³-hybridized carbons (Fsp3) is 0.364. The van der Waals surface area contributed by atoms with Gasteiger partial charge in [0, 0.05) is 6.54 Å². The Kier molecular flexibility index (Phi) is 2.87. The lowest BCUT2D eigenvalue weighted by molar-refractivity contribution is -0.120. The largest absolute Gasteiger partial charge is 0.320 e. The van der Waals surface area contributed by atoms with E-state index in [4.69, 9.17) is 5.73 Å². The van der Waals surface area contributed by atoms with Gasteiger partial charge < -0.3 is 10.6 Å². The van der Waals surface area contributed by atoms with Crippen LogP contribution in [-0.4, -0.2) is 18.5 Å². The fourth-order valence-corrected chi connectivity index (χ4v) is 1.87. The number of halogens is 2. The van der Waals surface area contributed by atoms with Gasteiger partial charge in [0.05, 0.1) is 6.04 Å². The van der Waals surface area contributed by atoms with Gasteiger partial charge in [0.15, 0.2) is 0 Å². The van der Waals surface area contributed by atoms with E-state index in [-0.39, 0.29) is 5.69 Å². The molecule has 0 radical (unpaired) electrons. The van der Waals surface area contributed by atoms with Gasteiger partial charge >= 0.3 is 0 Å². The summed E-state index contributed by atoms with van der Waals surface area (Å²) in [5.74, 6) is -1.89. The Hall–Kier alpha value is -1.49. The van der Waals surface area contributed by atoms with Crippen molar-refractivity contribution in [3.63, 3.8) is 0 Å². The first-order chi connectivity index (χ1) is 7.61. The lowest BCUT2D eigenvalue weighted by atomic mass is 10.0. The first kappa shape index (κ1) is 11.0. The molecule has 1 saturated heterocycles. The second kappa shape index (κ2) is 4.17. The summed E-state index contributed by atoms with van der Waals surface area (Å²) in [6, 6.07) is 2.87. The van der Waals surface area contributed by atoms with Crippen molar-refractivity contribution in [1.82, 2.24) is 0 Å². The Bertz CT molecular complexity index is 402. The van der Waals surface area contributed by atoms with Crippen LogP contribution in [0.4, 0.5) is 14.5 Å². The minimum Gasteiger partial charge on any atom is -0.320 e. The molecule has 5 heteroatoms. The Labute approximate surface area is 91.8 Å². The molecule has 0 spiro atoms. The smallest absolute Gasteiger partial charge is 0.244 e. The van der Waals surface area contributed by atoms with E-state index in [1.807, 2.05) is 0 Å². The van der Waals surface area contributed by atoms with Crippen LogP contribution in [0.25, 0.3) is 0 Å². The van der Waals surface area contributed by atoms with Gasteiger partial charge in [0.25, 0.3) is 0 Å². The highest BCUT2D eigenvalue weighted by atomic mass is 19.1. The number of nitrogens with zero attached hydrogens (tertiary/aromatic N) is 1. The molecule has 2 rings (SSSR count). The molecule has 2 N–H and O–H groups in total. The van der Waals surface area contributed by atoms with Crippen LogP contribution >= 0.6 is 0 Å². The summed E-state index contributed by atoms with van der Waals surface area (Å²) >= 11 is 0. The summed E-state index contributed by atoms with van der Waals surface area (Å²) in [6.07, 6.45) is 1.21. The van der Waals surface area contributed by atoms with Crippen molar-refractivity contribution in [2.24, 2.45) is 5.73 Å². The second-order valence-corrected chi connectivity index (χ2v) is 3.81. The van der Waals surface area contributed by atoms with Gasteiger partial charge in [-0.15, -0.1) is 0 Å². The van der Waals surface area contributed by atoms with Crippen LogP contribution < -0.4 is 10.6 Å². The van der Waals surface area contributed by atoms with Crippen LogP contribution in [0, 0.1) is 11.6 Å². The first-order valence-corrected chi connectivity index (χ1v) is 5.12. The standard InChI is InChI=1S/C11H12F2N2O/c12-7-3-1-4-8(13)10(7)15-6-2-5-9(14)11(15)16/h1,3-4,9H,2,5-6,14H2. The van der Waals surface area contributed by atoms with Gasteiger partial charge in [-0.05, 0) is 25.0 Å². The molecule has 86 valence electrons. The predicted molar refractivity (Wildman–Crippen MR) is 55.9 cm³/mol. The molecule has 1 heterocycles. The number of anilines is 1. The zero-order chi connectivity index (χ0) is 11.7. The topological polar surface area (TPSA) is 46.3 Å². The van der Waals surface area contributed by atoms with E-state index in [1.165, 1.54) is 6.07 Å². The minimum absolute atomic E-state index is 0.289. The van der Waals surface area contributed by atoms with E-state index < -0.39 is 23.6 Å². The van der Waals surface area contributed by atoms with Crippen LogP contribution in [0.15, 0.2) is 18.2 Å². The number of hydrogen-bond donors (Lipinski definition) is 1. The molecule has 0 saturated carbocycles. The molecular weight excluding hydrogens is 214 g/mol. The fourth-order valence-electron chi connectivity index (χ4n) is 1.87. The number of hydrogen-bond acceptors (Lipinski definition) is 2. The molecule has 1 aromatic carbocycles. The summed E-state index contributed by atoms with van der Waals surface area (Å²) in [7, 11) is 0. The number of carbonyl (C=O) groups excluding carboxylic acids is 1. The van der Waals surface area contributed by atoms with Crippen molar-refractivity contribution in [2.75, 3.05) is 11.4 Å². The summed E-state index contributed by atoms with van der Waals surface area (Å²) in [5.41, 5.74) is 5.28. The van der Waals surface area contributed by atoms with Crippen molar-refractivity contribution >= 4 is 11.6 Å². The average molecular weight is 226 g/mol. The van der Waals surface area contributed by atoms with E-state index in [0.717, 1.165) is 17.0 Å². The highest BCUT2D eigenvalue weighted by Crippen LogP contribution is 2.26. The molecule has 1 fully saturated rings. The molecule has 3 nitrogen and oxygen atoms in total. The molecule has 1 aliphatic rings. The van der Waals surface area contributed by atoms with Gasteiger partial charge in [-0.3, -0.25) is 4.79 Å². The van der Waals surface area contributed by atoms with Crippen LogP contribution in [-0.2, 0) is 4.79 Å². The molecule has 1 atom stereocenters. The first-order valence-electron chi connectivity index (χ1n) is 5.12. The van der Waals surface area contributed by atoms with Crippen molar-refractivity contribution < 1.29 is 13.6 Å². The second-order valence-electron chi connectivity index (χ2n) is 3.81. The number of amides is 1. The number of benzene rings is 1. The highest BCUT2D eigenvalue weighted by molar-refractivity contribution is 5.97. The lowest BCUT2D eigenvalue weighted by Crippen LogP contribution is -2.49. The van der Waals surface area contributed by atoms with E-state index in [1.54, 1.807) is 0 Å². The van der Waals surface area contributed by atoms with E-state index in [9.17, 15) is 13.6 Å². The zero-order valence-corrected chi connectivity index (χ0v) is 8.62. The van der Waals surface area contributed by atoms with E-state index in [2.05, 4.69) is 0 Å². The Morgan fingerprint density at radius 1 is 1.31 bits per heavy atom. The third kappa shape index (κ3) is 1.78. The van der Waals surface area contributed by atoms with Crippen molar-refractivity contribution in [3.8, 4) is 0 Å². The molecule has 1 aliphatic heterocycles. The minimum atomic E-state index is -0.734. The maximum absolute atomic E-state index is 13.5. The van der Waals surface area contributed by atoms with Gasteiger partial charge in [-0.25, -0.2) is 8.78 Å². The normalized spacial score (nSPS) is 21.3. The Balaban J connectivity index is 2.40. The molecule has 16 heavy (non-hydrogen) atoms. The predicted octanol–water partition coefficient (Wildman–Crippen LogP) is 1.42. The SMILES string of the molecule is NC1CCCN(c2c(F)cccc2F)C1=O. The number of nitrogens with two attached hydrogens (primary N) is 1. The van der Waals surface area contributed by atoms with Crippen LogP contribution in [0.1, 0.15) is 12.8 Å². The van der Waals surface area contributed by atoms with Crippen LogP contribution in [0.3, 0.4) is 0 Å². The van der Waals surface area contributed by atoms with E-state index in [0.29, 0.717) is 19.4 Å². The molecule has 0 aliphatic carbocycles. The quantitative estimate of drug-likeness (QED) is 0.787. The summed E-state index contributed by atoms with van der Waals surface area (Å²) < 4.78 is 26.9. The van der Waals surface area contributed by atoms with Crippen LogP contribution in [0.2, 0.25) is 0 Å². The number of piperidine rings is 1. The number of rotatable bonds is 1. The third-order valence-corrected chi connectivity index (χ3v) is 2.69. The maximum Gasteiger partial charge on any atom is 0.244 e. The summed E-state index contributed by atoms with van der Waals surface area (Å²) in [6.45, 7) is 0.310. The van der Waals surface area contributed by atoms with Gasteiger partial charge in [0.2, 0.25) is 5.91 Å². The van der Waals surface area contributed by atoms with Crippen LogP contribution in [0.5, 0.6) is 0 Å². The third-order valence-electron chi connectivity index (χ3n) is 2.69. The monoisotopic (exact) mass is 226 g/mol. The molecule has 1 amide bonds. The molecular formula is C11H12F2N2O. The molecule has 1 unspecified atom stereocenters. The van der Waals surface area contributed by atoms with E-state index >= 15 is 0 Å². The summed E-state index contributed by atoms with van der Waals surface area (Å²) in [4.78, 5) is 12.8. The van der Waals surface area contributed by atoms with Gasteiger partial charge in [-0.1, -0.05) is 6.07 Å². The highest BCUT2D eigenvalue weighted by Gasteiger charge is 2.30. The van der Waals surface area contributed by atoms with Crippen molar-refractivity contribution in [3.05, 3.63) is 29.8 Å². The number of para-hydroxylation sites is 1.